The van der Waals surface area contributed by atoms with Crippen LogP contribution in [0.1, 0.15) is 67.8 Å². The van der Waals surface area contributed by atoms with Crippen LogP contribution in [0.15, 0.2) is 18.2 Å². The standard InChI is InChI=1S/C19H19N3O3S/c1-2-3-10-4-7-14-15(8-10)26-19(20-14)22-16(23)11-5-6-12-13(9-11)18(25)21-17(12)24/h5-6,9-10H,2-4,7-8H2,1H3,(H,20,22,23)(H,21,24,25). The number of aromatic nitrogens is 1. The first-order valence-corrected chi connectivity index (χ1v) is 9.66. The molecule has 2 heterocycles. The first-order valence-electron chi connectivity index (χ1n) is 8.84. The van der Waals surface area contributed by atoms with Crippen LogP contribution in [0.2, 0.25) is 0 Å². The Kier molecular flexibility index (Phi) is 4.32. The van der Waals surface area contributed by atoms with Crippen LogP contribution in [0.5, 0.6) is 0 Å². The zero-order valence-electron chi connectivity index (χ0n) is 14.4. The fourth-order valence-corrected chi connectivity index (χ4v) is 4.75. The molecular weight excluding hydrogens is 350 g/mol. The number of nitrogens with one attached hydrogen (secondary N) is 2. The Labute approximate surface area is 155 Å². The molecule has 1 aliphatic heterocycles. The molecule has 1 atom stereocenters. The molecule has 0 saturated carbocycles. The predicted octanol–water partition coefficient (Wildman–Crippen LogP) is 3.18. The minimum atomic E-state index is -0.466. The van der Waals surface area contributed by atoms with Crippen LogP contribution in [-0.4, -0.2) is 22.7 Å². The molecular formula is C19H19N3O3S. The smallest absolute Gasteiger partial charge is 0.258 e. The minimum Gasteiger partial charge on any atom is -0.298 e. The second-order valence-corrected chi connectivity index (χ2v) is 7.87. The van der Waals surface area contributed by atoms with Gasteiger partial charge < -0.3 is 0 Å². The summed E-state index contributed by atoms with van der Waals surface area (Å²) >= 11 is 1.54. The van der Waals surface area contributed by atoms with E-state index in [4.69, 9.17) is 0 Å². The Morgan fingerprint density at radius 2 is 2.12 bits per heavy atom. The van der Waals surface area contributed by atoms with E-state index in [1.807, 2.05) is 0 Å². The van der Waals surface area contributed by atoms with Crippen LogP contribution in [0.3, 0.4) is 0 Å². The summed E-state index contributed by atoms with van der Waals surface area (Å²) in [6.07, 6.45) is 5.59. The number of amides is 3. The molecule has 2 aromatic rings. The fourth-order valence-electron chi connectivity index (χ4n) is 3.63. The highest BCUT2D eigenvalue weighted by Crippen LogP contribution is 2.34. The minimum absolute atomic E-state index is 0.239. The molecule has 0 bridgehead atoms. The van der Waals surface area contributed by atoms with Crippen LogP contribution in [0, 0.1) is 5.92 Å². The van der Waals surface area contributed by atoms with Gasteiger partial charge in [0.2, 0.25) is 0 Å². The van der Waals surface area contributed by atoms with E-state index in [-0.39, 0.29) is 11.5 Å². The topological polar surface area (TPSA) is 88.2 Å². The lowest BCUT2D eigenvalue weighted by Gasteiger charge is -2.19. The van der Waals surface area contributed by atoms with Gasteiger partial charge in [0.1, 0.15) is 0 Å². The van der Waals surface area contributed by atoms with Gasteiger partial charge in [-0.2, -0.15) is 0 Å². The van der Waals surface area contributed by atoms with E-state index in [1.54, 1.807) is 6.07 Å². The average molecular weight is 369 g/mol. The largest absolute Gasteiger partial charge is 0.298 e. The van der Waals surface area contributed by atoms with Crippen molar-refractivity contribution in [3.8, 4) is 0 Å². The van der Waals surface area contributed by atoms with Crippen LogP contribution in [0.4, 0.5) is 5.13 Å². The monoisotopic (exact) mass is 369 g/mol. The lowest BCUT2D eigenvalue weighted by atomic mass is 9.88. The third-order valence-electron chi connectivity index (χ3n) is 4.96. The molecule has 2 aliphatic rings. The van der Waals surface area contributed by atoms with Gasteiger partial charge in [0.05, 0.1) is 16.8 Å². The SMILES string of the molecule is CCCC1CCc2nc(NC(=O)c3ccc4c(c3)C(=O)NC4=O)sc2C1. The Morgan fingerprint density at radius 3 is 2.92 bits per heavy atom. The molecule has 0 radical (unpaired) electrons. The lowest BCUT2D eigenvalue weighted by Crippen LogP contribution is -2.19. The third kappa shape index (κ3) is 3.03. The van der Waals surface area contributed by atoms with E-state index in [0.717, 1.165) is 25.0 Å². The van der Waals surface area contributed by atoms with Gasteiger partial charge in [-0.05, 0) is 43.4 Å². The van der Waals surface area contributed by atoms with E-state index < -0.39 is 11.8 Å². The quantitative estimate of drug-likeness (QED) is 0.810. The molecule has 26 heavy (non-hydrogen) atoms. The van der Waals surface area contributed by atoms with Gasteiger partial charge in [0, 0.05) is 10.4 Å². The molecule has 2 N–H and O–H groups in total. The van der Waals surface area contributed by atoms with Crippen LogP contribution >= 0.6 is 11.3 Å². The zero-order valence-corrected chi connectivity index (χ0v) is 15.2. The number of nitrogens with zero attached hydrogens (tertiary/aromatic N) is 1. The summed E-state index contributed by atoms with van der Waals surface area (Å²) < 4.78 is 0. The molecule has 4 rings (SSSR count). The molecule has 1 aromatic carbocycles. The number of imide groups is 1. The summed E-state index contributed by atoms with van der Waals surface area (Å²) in [4.78, 5) is 41.7. The van der Waals surface area contributed by atoms with E-state index in [9.17, 15) is 14.4 Å². The number of carbonyl (C=O) groups excluding carboxylic acids is 3. The molecule has 0 spiro atoms. The van der Waals surface area contributed by atoms with Crippen molar-refractivity contribution in [2.75, 3.05) is 5.32 Å². The lowest BCUT2D eigenvalue weighted by molar-refractivity contribution is 0.0879. The van der Waals surface area contributed by atoms with Gasteiger partial charge in [-0.15, -0.1) is 11.3 Å². The Bertz CT molecular complexity index is 919. The molecule has 1 unspecified atom stereocenters. The van der Waals surface area contributed by atoms with Gasteiger partial charge in [-0.3, -0.25) is 25.0 Å². The maximum atomic E-state index is 12.5. The Hall–Kier alpha value is -2.54. The van der Waals surface area contributed by atoms with Crippen LogP contribution in [-0.2, 0) is 12.8 Å². The van der Waals surface area contributed by atoms with Gasteiger partial charge in [-0.25, -0.2) is 4.98 Å². The number of rotatable bonds is 4. The predicted molar refractivity (Wildman–Crippen MR) is 98.7 cm³/mol. The second-order valence-electron chi connectivity index (χ2n) is 6.78. The number of thiazole rings is 1. The van der Waals surface area contributed by atoms with Crippen molar-refractivity contribution in [1.29, 1.82) is 0 Å². The first-order chi connectivity index (χ1) is 12.5. The van der Waals surface area contributed by atoms with Crippen molar-refractivity contribution in [2.24, 2.45) is 5.92 Å². The van der Waals surface area contributed by atoms with Crippen molar-refractivity contribution in [2.45, 2.75) is 39.0 Å². The Morgan fingerprint density at radius 1 is 1.31 bits per heavy atom. The van der Waals surface area contributed by atoms with Crippen LogP contribution < -0.4 is 10.6 Å². The molecule has 7 heteroatoms. The highest BCUT2D eigenvalue weighted by atomic mass is 32.1. The maximum absolute atomic E-state index is 12.5. The number of benzene rings is 1. The fraction of sp³-hybridized carbons (Fsp3) is 0.368. The van der Waals surface area contributed by atoms with Gasteiger partial charge in [-0.1, -0.05) is 19.8 Å². The number of aryl methyl sites for hydroxylation is 1. The summed E-state index contributed by atoms with van der Waals surface area (Å²) in [6.45, 7) is 2.21. The number of hydrogen-bond acceptors (Lipinski definition) is 5. The summed E-state index contributed by atoms with van der Waals surface area (Å²) in [6, 6.07) is 4.51. The normalized spacial score (nSPS) is 18.3. The van der Waals surface area contributed by atoms with E-state index >= 15 is 0 Å². The molecule has 0 fully saturated rings. The molecule has 1 aliphatic carbocycles. The second kappa shape index (κ2) is 6.64. The third-order valence-corrected chi connectivity index (χ3v) is 5.99. The van der Waals surface area contributed by atoms with E-state index in [2.05, 4.69) is 22.5 Å². The number of fused-ring (bicyclic) bond motifs is 2. The number of anilines is 1. The van der Waals surface area contributed by atoms with Gasteiger partial charge in [0.15, 0.2) is 5.13 Å². The van der Waals surface area contributed by atoms with Crippen molar-refractivity contribution in [3.05, 3.63) is 45.5 Å². The highest BCUT2D eigenvalue weighted by Gasteiger charge is 2.28. The van der Waals surface area contributed by atoms with Crippen molar-refractivity contribution in [1.82, 2.24) is 10.3 Å². The van der Waals surface area contributed by atoms with E-state index in [0.29, 0.717) is 22.2 Å². The maximum Gasteiger partial charge on any atom is 0.258 e. The molecule has 6 nitrogen and oxygen atoms in total. The summed E-state index contributed by atoms with van der Waals surface area (Å²) in [5.41, 5.74) is 1.98. The van der Waals surface area contributed by atoms with Gasteiger partial charge in [0.25, 0.3) is 17.7 Å². The zero-order chi connectivity index (χ0) is 18.3. The summed E-state index contributed by atoms with van der Waals surface area (Å²) in [5.74, 6) is -0.502. The van der Waals surface area contributed by atoms with E-state index in [1.165, 1.54) is 41.2 Å². The van der Waals surface area contributed by atoms with Gasteiger partial charge >= 0.3 is 0 Å². The average Bonchev–Trinajstić information content (AvgIpc) is 3.14. The molecule has 134 valence electrons. The number of hydrogen-bond donors (Lipinski definition) is 2. The molecule has 1 aromatic heterocycles. The molecule has 3 amide bonds. The van der Waals surface area contributed by atoms with Crippen LogP contribution in [0.25, 0.3) is 0 Å². The van der Waals surface area contributed by atoms with Crippen molar-refractivity contribution < 1.29 is 14.4 Å². The summed E-state index contributed by atoms with van der Waals surface area (Å²) in [7, 11) is 0. The highest BCUT2D eigenvalue weighted by molar-refractivity contribution is 7.15. The first kappa shape index (κ1) is 16.9. The summed E-state index contributed by atoms with van der Waals surface area (Å²) in [5, 5.41) is 5.65. The molecule has 0 saturated heterocycles. The Balaban J connectivity index is 1.50. The van der Waals surface area contributed by atoms with Crippen molar-refractivity contribution in [3.63, 3.8) is 0 Å². The van der Waals surface area contributed by atoms with Crippen molar-refractivity contribution >= 4 is 34.2 Å². The number of carbonyl (C=O) groups is 3.